The number of carbonyl (C=O) groups is 2. The fourth-order valence-electron chi connectivity index (χ4n) is 2.51. The lowest BCUT2D eigenvalue weighted by molar-refractivity contribution is -0.121. The molecule has 3 N–H and O–H groups in total. The summed E-state index contributed by atoms with van der Waals surface area (Å²) in [6, 6.07) is 16.5. The Morgan fingerprint density at radius 2 is 1.88 bits per heavy atom. The molecular formula is C20H19N3O3. The highest BCUT2D eigenvalue weighted by Crippen LogP contribution is 2.20. The Kier molecular flexibility index (Phi) is 5.43. The monoisotopic (exact) mass is 349 g/mol. The van der Waals surface area contributed by atoms with Crippen molar-refractivity contribution in [3.8, 4) is 11.3 Å². The molecule has 1 heterocycles. The molecule has 1 aromatic heterocycles. The molecular weight excluding hydrogens is 330 g/mol. The van der Waals surface area contributed by atoms with Crippen molar-refractivity contribution >= 4 is 11.8 Å². The number of aryl methyl sites for hydroxylation is 1. The van der Waals surface area contributed by atoms with Crippen molar-refractivity contribution in [3.63, 3.8) is 0 Å². The Morgan fingerprint density at radius 3 is 2.65 bits per heavy atom. The second-order valence-corrected chi connectivity index (χ2v) is 5.83. The molecule has 6 heteroatoms. The second-order valence-electron chi connectivity index (χ2n) is 5.83. The van der Waals surface area contributed by atoms with Crippen LogP contribution in [0, 0.1) is 0 Å². The summed E-state index contributed by atoms with van der Waals surface area (Å²) in [5.74, 6) is 0.601. The Morgan fingerprint density at radius 1 is 1.08 bits per heavy atom. The highest BCUT2D eigenvalue weighted by Gasteiger charge is 2.09. The molecule has 0 aliphatic heterocycles. The van der Waals surface area contributed by atoms with E-state index in [0.29, 0.717) is 30.2 Å². The van der Waals surface area contributed by atoms with Crippen LogP contribution in [0.5, 0.6) is 0 Å². The van der Waals surface area contributed by atoms with Crippen molar-refractivity contribution in [2.75, 3.05) is 0 Å². The van der Waals surface area contributed by atoms with Crippen LogP contribution in [0.3, 0.4) is 0 Å². The first-order valence-electron chi connectivity index (χ1n) is 8.27. The van der Waals surface area contributed by atoms with E-state index in [9.17, 15) is 9.59 Å². The van der Waals surface area contributed by atoms with E-state index < -0.39 is 5.91 Å². The molecule has 0 saturated heterocycles. The predicted octanol–water partition coefficient (Wildman–Crippen LogP) is 2.69. The second kappa shape index (κ2) is 8.11. The summed E-state index contributed by atoms with van der Waals surface area (Å²) in [7, 11) is 0. The van der Waals surface area contributed by atoms with Gasteiger partial charge < -0.3 is 15.5 Å². The van der Waals surface area contributed by atoms with Gasteiger partial charge >= 0.3 is 0 Å². The molecule has 0 fully saturated rings. The fourth-order valence-corrected chi connectivity index (χ4v) is 2.51. The molecule has 0 radical (unpaired) electrons. The highest BCUT2D eigenvalue weighted by molar-refractivity contribution is 5.92. The van der Waals surface area contributed by atoms with E-state index >= 15 is 0 Å². The molecule has 0 spiro atoms. The van der Waals surface area contributed by atoms with E-state index in [4.69, 9.17) is 10.2 Å². The summed E-state index contributed by atoms with van der Waals surface area (Å²) in [5, 5.41) is 2.81. The summed E-state index contributed by atoms with van der Waals surface area (Å²) >= 11 is 0. The van der Waals surface area contributed by atoms with Crippen LogP contribution in [0.4, 0.5) is 0 Å². The van der Waals surface area contributed by atoms with Crippen LogP contribution in [-0.4, -0.2) is 16.8 Å². The molecule has 3 aromatic rings. The van der Waals surface area contributed by atoms with Crippen molar-refractivity contribution < 1.29 is 14.0 Å². The third kappa shape index (κ3) is 4.57. The minimum Gasteiger partial charge on any atom is -0.441 e. The van der Waals surface area contributed by atoms with Gasteiger partial charge in [-0.15, -0.1) is 0 Å². The summed E-state index contributed by atoms with van der Waals surface area (Å²) in [5.41, 5.74) is 7.44. The van der Waals surface area contributed by atoms with Gasteiger partial charge in [0.2, 0.25) is 11.8 Å². The maximum atomic E-state index is 12.0. The van der Waals surface area contributed by atoms with Gasteiger partial charge in [0.1, 0.15) is 0 Å². The third-order valence-corrected chi connectivity index (χ3v) is 3.88. The van der Waals surface area contributed by atoms with Gasteiger partial charge in [-0.2, -0.15) is 0 Å². The van der Waals surface area contributed by atoms with E-state index in [2.05, 4.69) is 10.3 Å². The SMILES string of the molecule is NC(=O)c1cccc(CNC(=O)CCc2ncc(-c3ccccc3)o2)c1. The standard InChI is InChI=1S/C20H19N3O3/c21-20(25)16-8-4-5-14(11-16)12-22-18(24)9-10-19-23-13-17(26-19)15-6-2-1-3-7-15/h1-8,11,13H,9-10,12H2,(H2,21,25)(H,22,24). The minimum atomic E-state index is -0.490. The number of carbonyl (C=O) groups excluding carboxylic acids is 2. The number of aromatic nitrogens is 1. The Bertz CT molecular complexity index is 903. The number of primary amides is 1. The van der Waals surface area contributed by atoms with Crippen molar-refractivity contribution in [1.82, 2.24) is 10.3 Å². The molecule has 132 valence electrons. The third-order valence-electron chi connectivity index (χ3n) is 3.88. The van der Waals surface area contributed by atoms with Crippen molar-refractivity contribution in [2.45, 2.75) is 19.4 Å². The molecule has 26 heavy (non-hydrogen) atoms. The van der Waals surface area contributed by atoms with Crippen LogP contribution in [0.15, 0.2) is 65.2 Å². The number of oxazole rings is 1. The maximum Gasteiger partial charge on any atom is 0.248 e. The van der Waals surface area contributed by atoms with Gasteiger partial charge in [0, 0.05) is 30.5 Å². The molecule has 2 aromatic carbocycles. The van der Waals surface area contributed by atoms with Gasteiger partial charge in [-0.1, -0.05) is 42.5 Å². The molecule has 2 amide bonds. The number of nitrogens with one attached hydrogen (secondary N) is 1. The van der Waals surface area contributed by atoms with Crippen LogP contribution in [0.1, 0.15) is 28.2 Å². The van der Waals surface area contributed by atoms with Gasteiger partial charge in [-0.25, -0.2) is 4.98 Å². The first-order chi connectivity index (χ1) is 12.6. The lowest BCUT2D eigenvalue weighted by Crippen LogP contribution is -2.23. The van der Waals surface area contributed by atoms with Crippen LogP contribution in [-0.2, 0) is 17.8 Å². The molecule has 0 saturated carbocycles. The van der Waals surface area contributed by atoms with Gasteiger partial charge in [0.25, 0.3) is 0 Å². The first kappa shape index (κ1) is 17.4. The summed E-state index contributed by atoms with van der Waals surface area (Å²) in [6.45, 7) is 0.334. The maximum absolute atomic E-state index is 12.0. The molecule has 0 atom stereocenters. The zero-order valence-corrected chi connectivity index (χ0v) is 14.1. The Labute approximate surface area is 151 Å². The van der Waals surface area contributed by atoms with Gasteiger partial charge in [-0.3, -0.25) is 9.59 Å². The fraction of sp³-hybridized carbons (Fsp3) is 0.150. The normalized spacial score (nSPS) is 10.5. The molecule has 0 aliphatic rings. The molecule has 0 aliphatic carbocycles. The molecule has 0 unspecified atom stereocenters. The zero-order chi connectivity index (χ0) is 18.4. The highest BCUT2D eigenvalue weighted by atomic mass is 16.4. The minimum absolute atomic E-state index is 0.117. The Hall–Kier alpha value is -3.41. The van der Waals surface area contributed by atoms with Gasteiger partial charge in [-0.05, 0) is 17.7 Å². The smallest absolute Gasteiger partial charge is 0.248 e. The number of rotatable bonds is 7. The van der Waals surface area contributed by atoms with Crippen LogP contribution in [0.25, 0.3) is 11.3 Å². The summed E-state index contributed by atoms with van der Waals surface area (Å²) in [4.78, 5) is 27.4. The average molecular weight is 349 g/mol. The lowest BCUT2D eigenvalue weighted by atomic mass is 10.1. The van der Waals surface area contributed by atoms with E-state index in [1.807, 2.05) is 36.4 Å². The van der Waals surface area contributed by atoms with E-state index in [1.165, 1.54) is 0 Å². The summed E-state index contributed by atoms with van der Waals surface area (Å²) < 4.78 is 5.68. The van der Waals surface area contributed by atoms with E-state index in [-0.39, 0.29) is 12.3 Å². The number of nitrogens with zero attached hydrogens (tertiary/aromatic N) is 1. The Balaban J connectivity index is 1.49. The number of nitrogens with two attached hydrogens (primary N) is 1. The zero-order valence-electron chi connectivity index (χ0n) is 14.1. The van der Waals surface area contributed by atoms with Crippen molar-refractivity contribution in [3.05, 3.63) is 77.8 Å². The van der Waals surface area contributed by atoms with Crippen molar-refractivity contribution in [2.24, 2.45) is 5.73 Å². The molecule has 0 bridgehead atoms. The van der Waals surface area contributed by atoms with E-state index in [1.54, 1.807) is 24.4 Å². The molecule has 6 nitrogen and oxygen atoms in total. The van der Waals surface area contributed by atoms with Crippen LogP contribution >= 0.6 is 0 Å². The number of amides is 2. The lowest BCUT2D eigenvalue weighted by Gasteiger charge is -2.05. The summed E-state index contributed by atoms with van der Waals surface area (Å²) in [6.07, 6.45) is 2.35. The van der Waals surface area contributed by atoms with Crippen molar-refractivity contribution in [1.29, 1.82) is 0 Å². The quantitative estimate of drug-likeness (QED) is 0.685. The topological polar surface area (TPSA) is 98.2 Å². The van der Waals surface area contributed by atoms with Gasteiger partial charge in [0.05, 0.1) is 6.20 Å². The van der Waals surface area contributed by atoms with Gasteiger partial charge in [0.15, 0.2) is 11.7 Å². The molecule has 3 rings (SSSR count). The van der Waals surface area contributed by atoms with Crippen LogP contribution < -0.4 is 11.1 Å². The van der Waals surface area contributed by atoms with Crippen LogP contribution in [0.2, 0.25) is 0 Å². The largest absolute Gasteiger partial charge is 0.441 e. The predicted molar refractivity (Wildman–Crippen MR) is 97.1 cm³/mol. The number of benzene rings is 2. The van der Waals surface area contributed by atoms with E-state index in [0.717, 1.165) is 11.1 Å². The number of hydrogen-bond acceptors (Lipinski definition) is 4. The number of hydrogen-bond donors (Lipinski definition) is 2. The average Bonchev–Trinajstić information content (AvgIpc) is 3.15. The first-order valence-corrected chi connectivity index (χ1v) is 8.27.